The van der Waals surface area contributed by atoms with Crippen molar-refractivity contribution in [3.63, 3.8) is 0 Å². The fraction of sp³-hybridized carbons (Fsp3) is 0.423. The molecule has 16 nitrogen and oxygen atoms in total. The van der Waals surface area contributed by atoms with E-state index in [0.29, 0.717) is 0 Å². The second-order valence-corrected chi connectivity index (χ2v) is 9.76. The van der Waals surface area contributed by atoms with Crippen LogP contribution < -0.4 is 14.9 Å². The van der Waals surface area contributed by atoms with Crippen molar-refractivity contribution in [2.75, 3.05) is 13.2 Å². The lowest BCUT2D eigenvalue weighted by molar-refractivity contribution is -0.277. The topological polar surface area (TPSA) is 269 Å². The minimum Gasteiger partial charge on any atom is -0.508 e. The van der Waals surface area contributed by atoms with Crippen molar-refractivity contribution in [3.05, 3.63) is 40.6 Å². The van der Waals surface area contributed by atoms with Gasteiger partial charge in [0.25, 0.3) is 0 Å². The van der Waals surface area contributed by atoms with Crippen molar-refractivity contribution < 1.29 is 74.4 Å². The largest absolute Gasteiger partial charge is 0.508 e. The Morgan fingerprint density at radius 2 is 1.43 bits per heavy atom. The van der Waals surface area contributed by atoms with Crippen LogP contribution in [0.5, 0.6) is 28.7 Å². The average molecular weight is 596 g/mol. The van der Waals surface area contributed by atoms with E-state index >= 15 is 0 Å². The first-order valence-corrected chi connectivity index (χ1v) is 12.6. The number of hydrogen-bond donors (Lipinski definition) is 10. The summed E-state index contributed by atoms with van der Waals surface area (Å²) in [6, 6.07) is 6.40. The van der Waals surface area contributed by atoms with Crippen LogP contribution in [0.25, 0.3) is 22.3 Å². The summed E-state index contributed by atoms with van der Waals surface area (Å²) in [7, 11) is 0. The summed E-state index contributed by atoms with van der Waals surface area (Å²) in [5, 5.41) is 102. The van der Waals surface area contributed by atoms with Crippen LogP contribution in [-0.2, 0) is 9.47 Å². The number of hydrogen-bond acceptors (Lipinski definition) is 16. The molecule has 3 heterocycles. The van der Waals surface area contributed by atoms with Gasteiger partial charge in [-0.3, -0.25) is 4.79 Å². The minimum absolute atomic E-state index is 0.0830. The van der Waals surface area contributed by atoms with Crippen LogP contribution in [0, 0.1) is 0 Å². The van der Waals surface area contributed by atoms with E-state index in [4.69, 9.17) is 23.4 Å². The number of ether oxygens (including phenoxy) is 4. The zero-order valence-corrected chi connectivity index (χ0v) is 21.4. The fourth-order valence-electron chi connectivity index (χ4n) is 4.58. The first kappa shape index (κ1) is 29.8. The van der Waals surface area contributed by atoms with E-state index in [-0.39, 0.29) is 17.1 Å². The third-order valence-corrected chi connectivity index (χ3v) is 6.96. The van der Waals surface area contributed by atoms with E-state index in [2.05, 4.69) is 0 Å². The molecule has 1 aromatic heterocycles. The molecule has 9 atom stereocenters. The molecular formula is C26H28O16. The third-order valence-electron chi connectivity index (χ3n) is 6.96. The van der Waals surface area contributed by atoms with Crippen LogP contribution >= 0.6 is 0 Å². The molecule has 2 aliphatic rings. The van der Waals surface area contributed by atoms with Gasteiger partial charge in [0.1, 0.15) is 59.6 Å². The predicted octanol–water partition coefficient (Wildman–Crippen LogP) is -2.43. The summed E-state index contributed by atoms with van der Waals surface area (Å²) in [5.74, 6) is -4.00. The number of phenolic OH excluding ortho intramolecular Hbond substituents is 3. The van der Waals surface area contributed by atoms with E-state index < -0.39 is 108 Å². The van der Waals surface area contributed by atoms with Gasteiger partial charge < -0.3 is 74.4 Å². The van der Waals surface area contributed by atoms with E-state index in [0.717, 1.165) is 6.07 Å². The molecule has 2 aliphatic heterocycles. The zero-order valence-electron chi connectivity index (χ0n) is 21.4. The Kier molecular flexibility index (Phi) is 8.17. The lowest BCUT2D eigenvalue weighted by Crippen LogP contribution is -2.60. The van der Waals surface area contributed by atoms with Gasteiger partial charge in [-0.2, -0.15) is 0 Å². The number of rotatable bonds is 6. The van der Waals surface area contributed by atoms with Gasteiger partial charge in [-0.05, 0) is 24.3 Å². The number of benzene rings is 2. The molecular weight excluding hydrogens is 568 g/mol. The predicted molar refractivity (Wildman–Crippen MR) is 136 cm³/mol. The summed E-state index contributed by atoms with van der Waals surface area (Å²) in [4.78, 5) is 13.3. The van der Waals surface area contributed by atoms with Crippen molar-refractivity contribution in [2.45, 2.75) is 55.3 Å². The second-order valence-electron chi connectivity index (χ2n) is 9.76. The molecule has 228 valence electrons. The molecule has 3 aromatic rings. The molecule has 10 N–H and O–H groups in total. The number of aliphatic hydroxyl groups excluding tert-OH is 7. The molecule has 0 aliphatic carbocycles. The zero-order chi connectivity index (χ0) is 30.5. The van der Waals surface area contributed by atoms with Crippen LogP contribution in [0.15, 0.2) is 39.5 Å². The highest BCUT2D eigenvalue weighted by atomic mass is 16.7. The van der Waals surface area contributed by atoms with Crippen LogP contribution in [-0.4, -0.2) is 120 Å². The van der Waals surface area contributed by atoms with E-state index in [1.807, 2.05) is 0 Å². The van der Waals surface area contributed by atoms with E-state index in [1.54, 1.807) is 0 Å². The van der Waals surface area contributed by atoms with Crippen molar-refractivity contribution >= 4 is 11.0 Å². The van der Waals surface area contributed by atoms with Crippen LogP contribution in [0.2, 0.25) is 0 Å². The Morgan fingerprint density at radius 1 is 0.786 bits per heavy atom. The summed E-state index contributed by atoms with van der Waals surface area (Å²) < 4.78 is 27.3. The second kappa shape index (κ2) is 11.5. The van der Waals surface area contributed by atoms with Gasteiger partial charge in [0.2, 0.25) is 29.8 Å². The van der Waals surface area contributed by atoms with Gasteiger partial charge in [-0.25, -0.2) is 0 Å². The maximum atomic E-state index is 13.3. The van der Waals surface area contributed by atoms with Gasteiger partial charge in [-0.15, -0.1) is 0 Å². The summed E-state index contributed by atoms with van der Waals surface area (Å²) in [5.41, 5.74) is -1.20. The molecule has 2 fully saturated rings. The van der Waals surface area contributed by atoms with E-state index in [1.165, 1.54) is 24.3 Å². The number of aliphatic hydroxyl groups is 7. The van der Waals surface area contributed by atoms with Crippen molar-refractivity contribution in [3.8, 4) is 40.1 Å². The summed E-state index contributed by atoms with van der Waals surface area (Å²) in [6.07, 6.45) is -15.8. The summed E-state index contributed by atoms with van der Waals surface area (Å²) >= 11 is 0. The standard InChI is InChI=1S/C26H28O16/c27-6-13-16(32)18(34)20(36)26(40-13)41-23-17(33)14-10(29)5-12(8-1-3-9(28)4-2-8)39-22(14)24(21(23)37)42-25-19(35)15(31)11(30)7-38-25/h1-5,11,13,15-16,18-20,25-28,30-37H,6-7H2/t11-,13+,15-,16+,18-,19+,20+,25-,26-/m0/s1. The first-order chi connectivity index (χ1) is 19.9. The number of aromatic hydroxyl groups is 3. The van der Waals surface area contributed by atoms with Crippen LogP contribution in [0.3, 0.4) is 0 Å². The summed E-state index contributed by atoms with van der Waals surface area (Å²) in [6.45, 7) is -1.32. The van der Waals surface area contributed by atoms with Crippen molar-refractivity contribution in [2.24, 2.45) is 0 Å². The van der Waals surface area contributed by atoms with Crippen LogP contribution in [0.1, 0.15) is 0 Å². The van der Waals surface area contributed by atoms with Gasteiger partial charge in [0.05, 0.1) is 13.2 Å². The molecule has 0 bridgehead atoms. The maximum absolute atomic E-state index is 13.3. The van der Waals surface area contributed by atoms with Gasteiger partial charge in [0, 0.05) is 11.6 Å². The van der Waals surface area contributed by atoms with Crippen molar-refractivity contribution in [1.82, 2.24) is 0 Å². The molecule has 0 unspecified atom stereocenters. The highest BCUT2D eigenvalue weighted by Gasteiger charge is 2.46. The van der Waals surface area contributed by atoms with Crippen molar-refractivity contribution in [1.29, 1.82) is 0 Å². The van der Waals surface area contributed by atoms with Crippen LogP contribution in [0.4, 0.5) is 0 Å². The molecule has 5 rings (SSSR count). The number of phenols is 3. The Labute approximate surface area is 235 Å². The van der Waals surface area contributed by atoms with Gasteiger partial charge in [-0.1, -0.05) is 0 Å². The Hall–Kier alpha value is -3.71. The third kappa shape index (κ3) is 5.19. The molecule has 16 heteroatoms. The fourth-order valence-corrected chi connectivity index (χ4v) is 4.58. The monoisotopic (exact) mass is 596 g/mol. The molecule has 0 amide bonds. The highest BCUT2D eigenvalue weighted by molar-refractivity contribution is 5.95. The molecule has 0 radical (unpaired) electrons. The molecule has 2 aromatic carbocycles. The Balaban J connectivity index is 1.66. The number of fused-ring (bicyclic) bond motifs is 1. The van der Waals surface area contributed by atoms with E-state index in [9.17, 15) is 55.9 Å². The molecule has 0 spiro atoms. The Bertz CT molecular complexity index is 1490. The first-order valence-electron chi connectivity index (χ1n) is 12.6. The smallest absolute Gasteiger partial charge is 0.229 e. The Morgan fingerprint density at radius 3 is 2.10 bits per heavy atom. The van der Waals surface area contributed by atoms with Gasteiger partial charge >= 0.3 is 0 Å². The normalized spacial score (nSPS) is 31.6. The highest BCUT2D eigenvalue weighted by Crippen LogP contribution is 2.51. The lowest BCUT2D eigenvalue weighted by atomic mass is 9.99. The lowest BCUT2D eigenvalue weighted by Gasteiger charge is -2.39. The maximum Gasteiger partial charge on any atom is 0.229 e. The molecule has 42 heavy (non-hydrogen) atoms. The van der Waals surface area contributed by atoms with Gasteiger partial charge in [0.15, 0.2) is 16.8 Å². The average Bonchev–Trinajstić information content (AvgIpc) is 2.97. The molecule has 0 saturated carbocycles. The molecule has 2 saturated heterocycles. The quantitative estimate of drug-likeness (QED) is 0.142. The minimum atomic E-state index is -1.98. The SMILES string of the molecule is O=c1cc(-c2ccc(O)cc2)oc2c(O[C@@H]3OC[C@H](O)[C@H](O)[C@H]3O)c(O)c(O[C@@H]3O[C@H](CO)[C@@H](O)[C@H](O)[C@H]3O)c(O)c12.